The summed E-state index contributed by atoms with van der Waals surface area (Å²) in [7, 11) is 1.66. The maximum absolute atomic E-state index is 12.2. The summed E-state index contributed by atoms with van der Waals surface area (Å²) in [5, 5.41) is 0. The van der Waals surface area contributed by atoms with Crippen LogP contribution in [0.5, 0.6) is 5.75 Å². The molecule has 0 aliphatic carbocycles. The van der Waals surface area contributed by atoms with Gasteiger partial charge in [0.1, 0.15) is 5.75 Å². The van der Waals surface area contributed by atoms with Crippen LogP contribution >= 0.6 is 12.4 Å². The molecule has 22 heavy (non-hydrogen) atoms. The van der Waals surface area contributed by atoms with Gasteiger partial charge in [0.25, 0.3) is 0 Å². The fourth-order valence-corrected chi connectivity index (χ4v) is 2.88. The van der Waals surface area contributed by atoms with Crippen LogP contribution in [0.15, 0.2) is 24.3 Å². The van der Waals surface area contributed by atoms with E-state index in [1.165, 1.54) is 5.56 Å². The van der Waals surface area contributed by atoms with Gasteiger partial charge in [0.15, 0.2) is 0 Å². The first-order valence-corrected chi connectivity index (χ1v) is 7.76. The van der Waals surface area contributed by atoms with Crippen molar-refractivity contribution in [2.75, 3.05) is 20.2 Å². The van der Waals surface area contributed by atoms with Crippen LogP contribution in [0.3, 0.4) is 0 Å². The normalized spacial score (nSPS) is 16.8. The lowest BCUT2D eigenvalue weighted by molar-refractivity contribution is -0.132. The van der Waals surface area contributed by atoms with Gasteiger partial charge in [-0.1, -0.05) is 12.1 Å². The number of carbonyl (C=O) groups excluding carboxylic acids is 1. The zero-order chi connectivity index (χ0) is 15.2. The van der Waals surface area contributed by atoms with E-state index in [0.29, 0.717) is 12.3 Å². The molecule has 0 saturated carbocycles. The number of hydrogen-bond acceptors (Lipinski definition) is 3. The van der Waals surface area contributed by atoms with Crippen molar-refractivity contribution in [1.29, 1.82) is 0 Å². The lowest BCUT2D eigenvalue weighted by atomic mass is 9.91. The first-order chi connectivity index (χ1) is 10.1. The van der Waals surface area contributed by atoms with E-state index < -0.39 is 0 Å². The van der Waals surface area contributed by atoms with Crippen LogP contribution in [0.4, 0.5) is 0 Å². The fourth-order valence-electron chi connectivity index (χ4n) is 2.88. The molecule has 5 heteroatoms. The van der Waals surface area contributed by atoms with Gasteiger partial charge >= 0.3 is 0 Å². The van der Waals surface area contributed by atoms with Crippen molar-refractivity contribution in [1.82, 2.24) is 4.90 Å². The zero-order valence-electron chi connectivity index (χ0n) is 13.5. The number of ether oxygens (including phenoxy) is 1. The van der Waals surface area contributed by atoms with Gasteiger partial charge in [-0.2, -0.15) is 0 Å². The second kappa shape index (κ2) is 9.01. The minimum Gasteiger partial charge on any atom is -0.497 e. The molecule has 1 amide bonds. The Balaban J connectivity index is 0.00000242. The Bertz CT molecular complexity index is 454. The van der Waals surface area contributed by atoms with Crippen molar-refractivity contribution in [3.8, 4) is 5.75 Å². The molecule has 1 saturated heterocycles. The molecular formula is C17H27ClN2O2. The van der Waals surface area contributed by atoms with Crippen molar-refractivity contribution < 1.29 is 9.53 Å². The molecule has 1 heterocycles. The zero-order valence-corrected chi connectivity index (χ0v) is 14.3. The summed E-state index contributed by atoms with van der Waals surface area (Å²) >= 11 is 0. The number of nitrogens with zero attached hydrogens (tertiary/aromatic N) is 1. The van der Waals surface area contributed by atoms with E-state index in [0.717, 1.165) is 38.1 Å². The lowest BCUT2D eigenvalue weighted by Gasteiger charge is -2.33. The number of benzene rings is 1. The van der Waals surface area contributed by atoms with Crippen LogP contribution in [-0.2, 0) is 11.2 Å². The summed E-state index contributed by atoms with van der Waals surface area (Å²) in [5.74, 6) is 1.67. The van der Waals surface area contributed by atoms with Gasteiger partial charge in [-0.15, -0.1) is 12.4 Å². The Morgan fingerprint density at radius 3 is 2.41 bits per heavy atom. The maximum atomic E-state index is 12.2. The third-order valence-electron chi connectivity index (χ3n) is 4.42. The van der Waals surface area contributed by atoms with Gasteiger partial charge < -0.3 is 15.4 Å². The molecule has 1 fully saturated rings. The smallest absolute Gasteiger partial charge is 0.222 e. The van der Waals surface area contributed by atoms with Crippen LogP contribution in [0.25, 0.3) is 0 Å². The minimum absolute atomic E-state index is 0. The summed E-state index contributed by atoms with van der Waals surface area (Å²) in [6.45, 7) is 3.77. The van der Waals surface area contributed by atoms with E-state index in [4.69, 9.17) is 10.5 Å². The first-order valence-electron chi connectivity index (χ1n) is 7.76. The van der Waals surface area contributed by atoms with Crippen molar-refractivity contribution in [2.45, 2.75) is 38.6 Å². The van der Waals surface area contributed by atoms with Crippen LogP contribution < -0.4 is 10.5 Å². The molecule has 0 aromatic heterocycles. The van der Waals surface area contributed by atoms with E-state index in [2.05, 4.69) is 6.92 Å². The predicted molar refractivity (Wildman–Crippen MR) is 91.5 cm³/mol. The van der Waals surface area contributed by atoms with Crippen LogP contribution in [-0.4, -0.2) is 37.0 Å². The lowest BCUT2D eigenvalue weighted by Crippen LogP contribution is -2.42. The number of carbonyl (C=O) groups is 1. The highest BCUT2D eigenvalue weighted by Crippen LogP contribution is 2.20. The number of likely N-dealkylation sites (tertiary alicyclic amines) is 1. The second-order valence-electron chi connectivity index (χ2n) is 5.93. The first kappa shape index (κ1) is 18.8. The molecule has 1 aromatic rings. The summed E-state index contributed by atoms with van der Waals surface area (Å²) in [5.41, 5.74) is 7.11. The number of piperidine rings is 1. The predicted octanol–water partition coefficient (Wildman–Crippen LogP) is 2.64. The Kier molecular flexibility index (Phi) is 7.69. The van der Waals surface area contributed by atoms with Crippen LogP contribution in [0.1, 0.15) is 31.7 Å². The highest BCUT2D eigenvalue weighted by Gasteiger charge is 2.24. The molecule has 0 spiro atoms. The largest absolute Gasteiger partial charge is 0.497 e. The SMILES string of the molecule is COc1ccc(CCC(=O)N2CCC(C(C)N)CC2)cc1.Cl. The molecule has 1 aliphatic rings. The summed E-state index contributed by atoms with van der Waals surface area (Å²) in [4.78, 5) is 14.2. The highest BCUT2D eigenvalue weighted by atomic mass is 35.5. The average molecular weight is 327 g/mol. The van der Waals surface area contributed by atoms with Crippen molar-refractivity contribution in [3.05, 3.63) is 29.8 Å². The van der Waals surface area contributed by atoms with Crippen molar-refractivity contribution in [2.24, 2.45) is 11.7 Å². The second-order valence-corrected chi connectivity index (χ2v) is 5.93. The molecule has 0 radical (unpaired) electrons. The van der Waals surface area contributed by atoms with Gasteiger partial charge in [-0.3, -0.25) is 4.79 Å². The molecule has 0 bridgehead atoms. The Morgan fingerprint density at radius 2 is 1.91 bits per heavy atom. The standard InChI is InChI=1S/C17H26N2O2.ClH/c1-13(18)15-9-11-19(12-10-15)17(20)8-5-14-3-6-16(21-2)7-4-14;/h3-4,6-7,13,15H,5,8-12,18H2,1-2H3;1H. The number of rotatable bonds is 5. The number of methoxy groups -OCH3 is 1. The molecule has 1 atom stereocenters. The molecule has 4 nitrogen and oxygen atoms in total. The van der Waals surface area contributed by atoms with E-state index in [1.54, 1.807) is 7.11 Å². The van der Waals surface area contributed by atoms with Gasteiger partial charge in [0, 0.05) is 25.6 Å². The van der Waals surface area contributed by atoms with E-state index in [-0.39, 0.29) is 24.4 Å². The number of amides is 1. The fraction of sp³-hybridized carbons (Fsp3) is 0.588. The Labute approximate surface area is 139 Å². The third kappa shape index (κ3) is 5.18. The molecule has 2 rings (SSSR count). The van der Waals surface area contributed by atoms with Crippen molar-refractivity contribution in [3.63, 3.8) is 0 Å². The molecule has 1 aromatic carbocycles. The van der Waals surface area contributed by atoms with Gasteiger partial charge in [0.05, 0.1) is 7.11 Å². The number of nitrogens with two attached hydrogens (primary N) is 1. The monoisotopic (exact) mass is 326 g/mol. The summed E-state index contributed by atoms with van der Waals surface area (Å²) < 4.78 is 5.13. The quantitative estimate of drug-likeness (QED) is 0.905. The summed E-state index contributed by atoms with van der Waals surface area (Å²) in [6, 6.07) is 8.16. The number of halogens is 1. The van der Waals surface area contributed by atoms with Crippen molar-refractivity contribution >= 4 is 18.3 Å². The highest BCUT2D eigenvalue weighted by molar-refractivity contribution is 5.85. The number of hydrogen-bond donors (Lipinski definition) is 1. The molecular weight excluding hydrogens is 300 g/mol. The Morgan fingerprint density at radius 1 is 1.32 bits per heavy atom. The van der Waals surface area contributed by atoms with Gasteiger partial charge in [-0.05, 0) is 49.8 Å². The molecule has 2 N–H and O–H groups in total. The average Bonchev–Trinajstić information content (AvgIpc) is 2.53. The third-order valence-corrected chi connectivity index (χ3v) is 4.42. The molecule has 1 aliphatic heterocycles. The minimum atomic E-state index is 0. The summed E-state index contributed by atoms with van der Waals surface area (Å²) in [6.07, 6.45) is 3.43. The maximum Gasteiger partial charge on any atom is 0.222 e. The Hall–Kier alpha value is -1.26. The number of aryl methyl sites for hydroxylation is 1. The topological polar surface area (TPSA) is 55.6 Å². The van der Waals surface area contributed by atoms with Crippen LogP contribution in [0.2, 0.25) is 0 Å². The van der Waals surface area contributed by atoms with Gasteiger partial charge in [-0.25, -0.2) is 0 Å². The molecule has 1 unspecified atom stereocenters. The van der Waals surface area contributed by atoms with Crippen LogP contribution in [0, 0.1) is 5.92 Å². The van der Waals surface area contributed by atoms with E-state index in [1.807, 2.05) is 29.2 Å². The molecule has 124 valence electrons. The van der Waals surface area contributed by atoms with Gasteiger partial charge in [0.2, 0.25) is 5.91 Å². The van der Waals surface area contributed by atoms with E-state index in [9.17, 15) is 4.79 Å². The van der Waals surface area contributed by atoms with E-state index >= 15 is 0 Å².